The van der Waals surface area contributed by atoms with E-state index in [2.05, 4.69) is 21.0 Å². The van der Waals surface area contributed by atoms with Crippen molar-refractivity contribution < 1.29 is 4.74 Å². The summed E-state index contributed by atoms with van der Waals surface area (Å²) >= 11 is 8.93. The summed E-state index contributed by atoms with van der Waals surface area (Å²) in [5.74, 6) is 0.774. The van der Waals surface area contributed by atoms with Crippen LogP contribution in [0, 0.1) is 0 Å². The quantitative estimate of drug-likeness (QED) is 0.869. The number of ether oxygens (including phenoxy) is 1. The molecule has 18 heavy (non-hydrogen) atoms. The number of benzene rings is 1. The van der Waals surface area contributed by atoms with Crippen LogP contribution in [0.5, 0.6) is 5.75 Å². The molecule has 0 fully saturated rings. The van der Waals surface area contributed by atoms with Crippen LogP contribution >= 0.6 is 27.5 Å². The van der Waals surface area contributed by atoms with Gasteiger partial charge in [0, 0.05) is 0 Å². The zero-order valence-corrected chi connectivity index (χ0v) is 11.9. The molecular formula is C12H10BrClN2O2. The molecule has 0 aliphatic carbocycles. The molecule has 0 saturated carbocycles. The Balaban J connectivity index is 2.28. The summed E-state index contributed by atoms with van der Waals surface area (Å²) in [4.78, 5) is 11.9. The number of hydrogen-bond acceptors (Lipinski definition) is 3. The number of methoxy groups -OCH3 is 1. The van der Waals surface area contributed by atoms with Gasteiger partial charge in [-0.25, -0.2) is 4.68 Å². The molecule has 1 heterocycles. The van der Waals surface area contributed by atoms with E-state index in [1.165, 1.54) is 10.9 Å². The lowest BCUT2D eigenvalue weighted by Crippen LogP contribution is -2.23. The van der Waals surface area contributed by atoms with Crippen LogP contribution in [0.25, 0.3) is 0 Å². The summed E-state index contributed by atoms with van der Waals surface area (Å²) in [5, 5.41) is 4.30. The van der Waals surface area contributed by atoms with Gasteiger partial charge in [0.25, 0.3) is 5.56 Å². The van der Waals surface area contributed by atoms with Crippen LogP contribution in [0.2, 0.25) is 5.02 Å². The second-order valence-electron chi connectivity index (χ2n) is 3.62. The fourth-order valence-electron chi connectivity index (χ4n) is 1.46. The number of nitrogens with zero attached hydrogens (tertiary/aromatic N) is 2. The predicted molar refractivity (Wildman–Crippen MR) is 73.3 cm³/mol. The average molecular weight is 330 g/mol. The van der Waals surface area contributed by atoms with Crippen molar-refractivity contribution in [2.24, 2.45) is 0 Å². The largest absolute Gasteiger partial charge is 0.497 e. The SMILES string of the molecule is COc1ccc(Cn2ncc(Cl)c(Br)c2=O)cc1. The molecule has 0 N–H and O–H groups in total. The smallest absolute Gasteiger partial charge is 0.282 e. The van der Waals surface area contributed by atoms with Gasteiger partial charge in [-0.2, -0.15) is 5.10 Å². The summed E-state index contributed by atoms with van der Waals surface area (Å²) < 4.78 is 6.74. The second-order valence-corrected chi connectivity index (χ2v) is 4.82. The van der Waals surface area contributed by atoms with Crippen molar-refractivity contribution in [3.63, 3.8) is 0 Å². The summed E-state index contributed by atoms with van der Waals surface area (Å²) in [7, 11) is 1.61. The van der Waals surface area contributed by atoms with Crippen molar-refractivity contribution >= 4 is 27.5 Å². The fourth-order valence-corrected chi connectivity index (χ4v) is 1.89. The van der Waals surface area contributed by atoms with Crippen molar-refractivity contribution in [1.29, 1.82) is 0 Å². The number of hydrogen-bond donors (Lipinski definition) is 0. The Labute approximate surface area is 117 Å². The summed E-state index contributed by atoms with van der Waals surface area (Å²) in [6, 6.07) is 7.45. The maximum Gasteiger partial charge on any atom is 0.282 e. The Morgan fingerprint density at radius 2 is 2.06 bits per heavy atom. The van der Waals surface area contributed by atoms with E-state index in [1.54, 1.807) is 7.11 Å². The molecule has 6 heteroatoms. The minimum atomic E-state index is -0.252. The van der Waals surface area contributed by atoms with E-state index in [1.807, 2.05) is 24.3 Å². The van der Waals surface area contributed by atoms with Crippen molar-refractivity contribution in [2.45, 2.75) is 6.54 Å². The first-order valence-corrected chi connectivity index (χ1v) is 6.33. The number of halogens is 2. The Kier molecular flexibility index (Phi) is 4.04. The highest BCUT2D eigenvalue weighted by molar-refractivity contribution is 9.10. The molecule has 0 amide bonds. The molecule has 0 aliphatic rings. The molecule has 1 aromatic heterocycles. The fraction of sp³-hybridized carbons (Fsp3) is 0.167. The lowest BCUT2D eigenvalue weighted by Gasteiger charge is -2.06. The van der Waals surface area contributed by atoms with Gasteiger partial charge < -0.3 is 4.74 Å². The van der Waals surface area contributed by atoms with Crippen LogP contribution in [0.3, 0.4) is 0 Å². The molecule has 0 spiro atoms. The molecule has 94 valence electrons. The maximum atomic E-state index is 11.9. The monoisotopic (exact) mass is 328 g/mol. The predicted octanol–water partition coefficient (Wildman–Crippen LogP) is 2.72. The maximum absolute atomic E-state index is 11.9. The first-order valence-electron chi connectivity index (χ1n) is 5.16. The summed E-state index contributed by atoms with van der Waals surface area (Å²) in [6.07, 6.45) is 1.44. The zero-order valence-electron chi connectivity index (χ0n) is 9.56. The first kappa shape index (κ1) is 13.1. The van der Waals surface area contributed by atoms with Gasteiger partial charge in [0.05, 0.1) is 24.9 Å². The normalized spacial score (nSPS) is 10.4. The van der Waals surface area contributed by atoms with E-state index < -0.39 is 0 Å². The van der Waals surface area contributed by atoms with Crippen LogP contribution in [0.4, 0.5) is 0 Å². The van der Waals surface area contributed by atoms with Crippen molar-refractivity contribution in [3.05, 3.63) is 55.9 Å². The van der Waals surface area contributed by atoms with Gasteiger partial charge in [-0.05, 0) is 33.6 Å². The highest BCUT2D eigenvalue weighted by Crippen LogP contribution is 2.16. The molecule has 0 aliphatic heterocycles. The molecule has 1 aromatic carbocycles. The van der Waals surface area contributed by atoms with Crippen molar-refractivity contribution in [1.82, 2.24) is 9.78 Å². The van der Waals surface area contributed by atoms with E-state index in [9.17, 15) is 4.79 Å². The van der Waals surface area contributed by atoms with Crippen molar-refractivity contribution in [3.8, 4) is 5.75 Å². The van der Waals surface area contributed by atoms with Crippen LogP contribution in [-0.4, -0.2) is 16.9 Å². The lowest BCUT2D eigenvalue weighted by molar-refractivity contribution is 0.414. The minimum Gasteiger partial charge on any atom is -0.497 e. The van der Waals surface area contributed by atoms with Gasteiger partial charge in [0.15, 0.2) is 0 Å². The van der Waals surface area contributed by atoms with Gasteiger partial charge in [-0.1, -0.05) is 23.7 Å². The Hall–Kier alpha value is -1.33. The van der Waals surface area contributed by atoms with Crippen LogP contribution in [0.15, 0.2) is 39.7 Å². The zero-order chi connectivity index (χ0) is 13.1. The Morgan fingerprint density at radius 1 is 1.39 bits per heavy atom. The molecule has 0 atom stereocenters. The molecule has 0 saturated heterocycles. The molecule has 4 nitrogen and oxygen atoms in total. The van der Waals surface area contributed by atoms with Crippen LogP contribution in [-0.2, 0) is 6.54 Å². The van der Waals surface area contributed by atoms with Crippen LogP contribution < -0.4 is 10.3 Å². The van der Waals surface area contributed by atoms with Crippen LogP contribution in [0.1, 0.15) is 5.56 Å². The molecule has 2 rings (SSSR count). The van der Waals surface area contributed by atoms with E-state index in [0.717, 1.165) is 11.3 Å². The molecule has 2 aromatic rings. The molecule has 0 bridgehead atoms. The van der Waals surface area contributed by atoms with Gasteiger partial charge >= 0.3 is 0 Å². The number of rotatable bonds is 3. The second kappa shape index (κ2) is 5.54. The molecule has 0 unspecified atom stereocenters. The van der Waals surface area contributed by atoms with E-state index in [0.29, 0.717) is 16.0 Å². The van der Waals surface area contributed by atoms with E-state index in [4.69, 9.17) is 16.3 Å². The van der Waals surface area contributed by atoms with Crippen molar-refractivity contribution in [2.75, 3.05) is 7.11 Å². The Morgan fingerprint density at radius 3 is 2.67 bits per heavy atom. The lowest BCUT2D eigenvalue weighted by atomic mass is 10.2. The minimum absolute atomic E-state index is 0.252. The molecular weight excluding hydrogens is 320 g/mol. The third kappa shape index (κ3) is 2.73. The van der Waals surface area contributed by atoms with Gasteiger partial charge in [-0.3, -0.25) is 4.79 Å². The standard InChI is InChI=1S/C12H10BrClN2O2/c1-18-9-4-2-8(3-5-9)7-16-12(17)11(13)10(14)6-15-16/h2-6H,7H2,1H3. The van der Waals surface area contributed by atoms with Gasteiger partial charge in [0.2, 0.25) is 0 Å². The third-order valence-electron chi connectivity index (χ3n) is 2.43. The topological polar surface area (TPSA) is 44.1 Å². The highest BCUT2D eigenvalue weighted by Gasteiger charge is 2.07. The average Bonchev–Trinajstić information content (AvgIpc) is 2.40. The highest BCUT2D eigenvalue weighted by atomic mass is 79.9. The summed E-state index contributed by atoms with van der Waals surface area (Å²) in [5.41, 5.74) is 0.706. The number of aromatic nitrogens is 2. The summed E-state index contributed by atoms with van der Waals surface area (Å²) in [6.45, 7) is 0.387. The third-order valence-corrected chi connectivity index (χ3v) is 3.71. The Bertz CT molecular complexity index is 610. The van der Waals surface area contributed by atoms with E-state index in [-0.39, 0.29) is 5.56 Å². The van der Waals surface area contributed by atoms with Gasteiger partial charge in [0.1, 0.15) is 10.2 Å². The van der Waals surface area contributed by atoms with Gasteiger partial charge in [-0.15, -0.1) is 0 Å². The van der Waals surface area contributed by atoms with E-state index >= 15 is 0 Å². The molecule has 0 radical (unpaired) electrons. The first-order chi connectivity index (χ1) is 8.61.